The van der Waals surface area contributed by atoms with E-state index in [-0.39, 0.29) is 11.8 Å². The predicted molar refractivity (Wildman–Crippen MR) is 111 cm³/mol. The summed E-state index contributed by atoms with van der Waals surface area (Å²) in [6, 6.07) is 14.5. The van der Waals surface area contributed by atoms with E-state index in [2.05, 4.69) is 44.7 Å². The molecule has 0 bridgehead atoms. The Bertz CT molecular complexity index is 771. The van der Waals surface area contributed by atoms with Crippen LogP contribution in [0.25, 0.3) is 11.1 Å². The van der Waals surface area contributed by atoms with E-state index in [9.17, 15) is 4.79 Å². The maximum atomic E-state index is 10.7. The van der Waals surface area contributed by atoms with Crippen molar-refractivity contribution in [1.82, 2.24) is 0 Å². The molecular weight excluding hydrogens is 336 g/mol. The van der Waals surface area contributed by atoms with Gasteiger partial charge < -0.3 is 9.84 Å². The minimum absolute atomic E-state index is 0.0184. The molecule has 0 fully saturated rings. The normalized spacial score (nSPS) is 11.2. The van der Waals surface area contributed by atoms with Gasteiger partial charge in [0.25, 0.3) is 0 Å². The lowest BCUT2D eigenvalue weighted by Crippen LogP contribution is -2.24. The Morgan fingerprint density at radius 1 is 1.11 bits per heavy atom. The van der Waals surface area contributed by atoms with Crippen molar-refractivity contribution in [3.8, 4) is 16.9 Å². The molecule has 0 amide bonds. The van der Waals surface area contributed by atoms with Crippen LogP contribution < -0.4 is 4.74 Å². The number of carbonyl (C=O) groups is 1. The van der Waals surface area contributed by atoms with Gasteiger partial charge in [-0.05, 0) is 54.5 Å². The first-order valence-corrected chi connectivity index (χ1v) is 9.60. The molecule has 0 atom stereocenters. The third-order valence-electron chi connectivity index (χ3n) is 5.57. The van der Waals surface area contributed by atoms with Crippen molar-refractivity contribution in [1.29, 1.82) is 0 Å². The lowest BCUT2D eigenvalue weighted by Gasteiger charge is -2.33. The Hall–Kier alpha value is -2.55. The van der Waals surface area contributed by atoms with E-state index in [0.29, 0.717) is 6.42 Å². The Morgan fingerprint density at radius 3 is 2.26 bits per heavy atom. The smallest absolute Gasteiger partial charge is 0.303 e. The summed E-state index contributed by atoms with van der Waals surface area (Å²) in [5.74, 6) is 0.152. The fourth-order valence-electron chi connectivity index (χ4n) is 3.72. The number of carboxylic acid groups (broad SMARTS) is 1. The van der Waals surface area contributed by atoms with Gasteiger partial charge >= 0.3 is 5.97 Å². The fraction of sp³-hybridized carbons (Fsp3) is 0.375. The van der Waals surface area contributed by atoms with Crippen LogP contribution in [-0.4, -0.2) is 18.2 Å². The average Bonchev–Trinajstić information content (AvgIpc) is 2.70. The summed E-state index contributed by atoms with van der Waals surface area (Å²) in [6.45, 7) is 8.40. The summed E-state index contributed by atoms with van der Waals surface area (Å²) in [5.41, 5.74) is 4.55. The Balaban J connectivity index is 2.41. The molecule has 0 radical (unpaired) electrons. The first-order chi connectivity index (χ1) is 13.0. The first-order valence-electron chi connectivity index (χ1n) is 9.60. The Labute approximate surface area is 162 Å². The van der Waals surface area contributed by atoms with E-state index < -0.39 is 5.97 Å². The number of methoxy groups -OCH3 is 1. The van der Waals surface area contributed by atoms with Crippen molar-refractivity contribution >= 4 is 5.97 Å². The molecule has 0 aliphatic carbocycles. The van der Waals surface area contributed by atoms with Gasteiger partial charge in [-0.2, -0.15) is 0 Å². The van der Waals surface area contributed by atoms with E-state index in [1.54, 1.807) is 7.11 Å². The van der Waals surface area contributed by atoms with Crippen molar-refractivity contribution in [2.45, 2.75) is 51.4 Å². The largest absolute Gasteiger partial charge is 0.496 e. The highest BCUT2D eigenvalue weighted by atomic mass is 16.5. The number of benzene rings is 2. The molecule has 27 heavy (non-hydrogen) atoms. The number of allylic oxidation sites excluding steroid dienone is 1. The van der Waals surface area contributed by atoms with Gasteiger partial charge in [0, 0.05) is 17.4 Å². The van der Waals surface area contributed by atoms with E-state index in [1.165, 1.54) is 5.56 Å². The van der Waals surface area contributed by atoms with Gasteiger partial charge in [-0.15, -0.1) is 6.58 Å². The van der Waals surface area contributed by atoms with Gasteiger partial charge in [0.05, 0.1) is 7.11 Å². The number of carboxylic acids is 1. The summed E-state index contributed by atoms with van der Waals surface area (Å²) >= 11 is 0. The minimum Gasteiger partial charge on any atom is -0.496 e. The minimum atomic E-state index is -0.767. The molecule has 0 spiro atoms. The average molecular weight is 367 g/mol. The van der Waals surface area contributed by atoms with Gasteiger partial charge in [-0.3, -0.25) is 4.79 Å². The van der Waals surface area contributed by atoms with Gasteiger partial charge in [0.2, 0.25) is 0 Å². The number of rotatable bonds is 10. The Morgan fingerprint density at radius 2 is 1.74 bits per heavy atom. The van der Waals surface area contributed by atoms with E-state index in [4.69, 9.17) is 9.84 Å². The number of hydrogen-bond acceptors (Lipinski definition) is 2. The molecular formula is C24H30O3. The molecule has 0 saturated heterocycles. The summed E-state index contributed by atoms with van der Waals surface area (Å²) in [7, 11) is 1.72. The van der Waals surface area contributed by atoms with Crippen LogP contribution in [0, 0.1) is 0 Å². The van der Waals surface area contributed by atoms with Crippen LogP contribution in [0.1, 0.15) is 50.7 Å². The summed E-state index contributed by atoms with van der Waals surface area (Å²) in [5, 5.41) is 8.84. The molecule has 0 heterocycles. The van der Waals surface area contributed by atoms with Crippen LogP contribution in [0.15, 0.2) is 55.1 Å². The van der Waals surface area contributed by atoms with Gasteiger partial charge in [-0.25, -0.2) is 0 Å². The predicted octanol–water partition coefficient (Wildman–Crippen LogP) is 6.01. The molecule has 0 aliphatic heterocycles. The quantitative estimate of drug-likeness (QED) is 0.524. The van der Waals surface area contributed by atoms with Crippen molar-refractivity contribution in [2.24, 2.45) is 0 Å². The topological polar surface area (TPSA) is 46.5 Å². The van der Waals surface area contributed by atoms with Crippen LogP contribution in [-0.2, 0) is 16.6 Å². The monoisotopic (exact) mass is 366 g/mol. The highest BCUT2D eigenvalue weighted by Gasteiger charge is 2.30. The number of aryl methyl sites for hydroxylation is 1. The lowest BCUT2D eigenvalue weighted by molar-refractivity contribution is -0.136. The zero-order chi connectivity index (χ0) is 19.9. The van der Waals surface area contributed by atoms with Crippen molar-refractivity contribution in [2.75, 3.05) is 7.11 Å². The third-order valence-corrected chi connectivity index (χ3v) is 5.57. The summed E-state index contributed by atoms with van der Waals surface area (Å²) in [6.07, 6.45) is 5.65. The zero-order valence-corrected chi connectivity index (χ0v) is 16.6. The molecule has 0 aromatic heterocycles. The molecule has 1 N–H and O–H groups in total. The summed E-state index contributed by atoms with van der Waals surface area (Å²) in [4.78, 5) is 10.7. The zero-order valence-electron chi connectivity index (χ0n) is 16.6. The van der Waals surface area contributed by atoms with Crippen LogP contribution >= 0.6 is 0 Å². The second-order valence-corrected chi connectivity index (χ2v) is 6.99. The fourth-order valence-corrected chi connectivity index (χ4v) is 3.72. The lowest BCUT2D eigenvalue weighted by atomic mass is 9.72. The first kappa shape index (κ1) is 20.8. The van der Waals surface area contributed by atoms with Crippen molar-refractivity contribution in [3.63, 3.8) is 0 Å². The number of aliphatic carboxylic acids is 1. The van der Waals surface area contributed by atoms with E-state index >= 15 is 0 Å². The maximum absolute atomic E-state index is 10.7. The Kier molecular flexibility index (Phi) is 7.23. The SMILES string of the molecule is C=CCC(CC)(CC)c1cc(-c2ccc(CCC(=O)O)cc2)ccc1OC. The van der Waals surface area contributed by atoms with Crippen LogP contribution in [0.3, 0.4) is 0 Å². The van der Waals surface area contributed by atoms with Crippen LogP contribution in [0.4, 0.5) is 0 Å². The van der Waals surface area contributed by atoms with Gasteiger partial charge in [0.1, 0.15) is 5.75 Å². The molecule has 0 saturated carbocycles. The van der Waals surface area contributed by atoms with Gasteiger partial charge in [-0.1, -0.05) is 50.3 Å². The number of ether oxygens (including phenoxy) is 1. The molecule has 2 rings (SSSR count). The maximum Gasteiger partial charge on any atom is 0.303 e. The second-order valence-electron chi connectivity index (χ2n) is 6.99. The van der Waals surface area contributed by atoms with E-state index in [0.717, 1.165) is 41.7 Å². The van der Waals surface area contributed by atoms with Crippen molar-refractivity contribution < 1.29 is 14.6 Å². The third kappa shape index (κ3) is 4.79. The molecule has 3 nitrogen and oxygen atoms in total. The summed E-state index contributed by atoms with van der Waals surface area (Å²) < 4.78 is 5.68. The highest BCUT2D eigenvalue weighted by molar-refractivity contribution is 5.68. The molecule has 2 aromatic rings. The van der Waals surface area contributed by atoms with E-state index in [1.807, 2.05) is 24.3 Å². The van der Waals surface area contributed by atoms with Gasteiger partial charge in [0.15, 0.2) is 0 Å². The molecule has 0 aliphatic rings. The highest BCUT2D eigenvalue weighted by Crippen LogP contribution is 2.42. The molecule has 144 valence electrons. The molecule has 0 unspecified atom stereocenters. The molecule has 3 heteroatoms. The van der Waals surface area contributed by atoms with Crippen LogP contribution in [0.5, 0.6) is 5.75 Å². The molecule has 2 aromatic carbocycles. The standard InChI is InChI=1S/C24H30O3/c1-5-16-24(6-2,7-3)21-17-20(13-14-22(21)27-4)19-11-8-18(9-12-19)10-15-23(25)26/h5,8-9,11-14,17H,1,6-7,10,15-16H2,2-4H3,(H,25,26). The van der Waals surface area contributed by atoms with Crippen molar-refractivity contribution in [3.05, 3.63) is 66.2 Å². The van der Waals surface area contributed by atoms with Crippen LogP contribution in [0.2, 0.25) is 0 Å². The second kappa shape index (κ2) is 9.40. The number of hydrogen-bond donors (Lipinski definition) is 1.